The van der Waals surface area contributed by atoms with E-state index in [-0.39, 0.29) is 9.24 Å². The molecule has 0 bridgehead atoms. The second kappa shape index (κ2) is 4.10. The lowest BCUT2D eigenvalue weighted by Gasteiger charge is -2.16. The van der Waals surface area contributed by atoms with Gasteiger partial charge in [-0.1, -0.05) is 55.6 Å². The molecule has 0 atom stereocenters. The second-order valence-electron chi connectivity index (χ2n) is 2.75. The second-order valence-corrected chi connectivity index (χ2v) is 6.14. The van der Waals surface area contributed by atoms with Gasteiger partial charge >= 0.3 is 0 Å². The van der Waals surface area contributed by atoms with Gasteiger partial charge in [0.25, 0.3) is 0 Å². The summed E-state index contributed by atoms with van der Waals surface area (Å²) in [4.78, 5) is 0. The molecule has 0 rings (SSSR count). The maximum Gasteiger partial charge on any atom is 0.131 e. The Bertz CT molecular complexity index is 142. The van der Waals surface area contributed by atoms with Gasteiger partial charge in [0.2, 0.25) is 0 Å². The van der Waals surface area contributed by atoms with Crippen LogP contribution in [-0.4, -0.2) is 4.75 Å². The summed E-state index contributed by atoms with van der Waals surface area (Å²) < 4.78 is 0.656. The van der Waals surface area contributed by atoms with Crippen molar-refractivity contribution in [2.75, 3.05) is 0 Å². The Morgan fingerprint density at radius 3 is 1.60 bits per heavy atom. The minimum atomic E-state index is 0.0616. The van der Waals surface area contributed by atoms with Crippen LogP contribution in [0.5, 0.6) is 0 Å². The van der Waals surface area contributed by atoms with Gasteiger partial charge in [0.15, 0.2) is 0 Å². The molecular formula is C6H9Cl3S. The molecule has 10 heavy (non-hydrogen) atoms. The van der Waals surface area contributed by atoms with Crippen molar-refractivity contribution >= 4 is 46.6 Å². The molecular weight excluding hydrogens is 210 g/mol. The largest absolute Gasteiger partial charge is 0.131 e. The van der Waals surface area contributed by atoms with Crippen LogP contribution in [0.25, 0.3) is 0 Å². The molecule has 0 amide bonds. The van der Waals surface area contributed by atoms with E-state index in [9.17, 15) is 0 Å². The van der Waals surface area contributed by atoms with Crippen molar-refractivity contribution in [2.24, 2.45) is 0 Å². The summed E-state index contributed by atoms with van der Waals surface area (Å²) in [5.74, 6) is 0. The molecule has 0 aliphatic rings. The molecule has 0 N–H and O–H groups in total. The van der Waals surface area contributed by atoms with Gasteiger partial charge in [0.05, 0.1) is 0 Å². The molecule has 0 heterocycles. The molecule has 0 fully saturated rings. The predicted octanol–water partition coefficient (Wildman–Crippen LogP) is 4.36. The van der Waals surface area contributed by atoms with Gasteiger partial charge in [-0.15, -0.1) is 11.8 Å². The normalized spacial score (nSPS) is 11.4. The van der Waals surface area contributed by atoms with Crippen molar-refractivity contribution in [3.8, 4) is 0 Å². The third kappa shape index (κ3) is 5.72. The Labute approximate surface area is 80.9 Å². The van der Waals surface area contributed by atoms with Crippen LogP contribution in [0.15, 0.2) is 8.86 Å². The molecule has 0 aliphatic carbocycles. The molecule has 4 heteroatoms. The number of hydrogen-bond donors (Lipinski definition) is 0. The van der Waals surface area contributed by atoms with E-state index >= 15 is 0 Å². The first-order valence-electron chi connectivity index (χ1n) is 2.73. The van der Waals surface area contributed by atoms with E-state index in [1.807, 2.05) is 20.8 Å². The van der Waals surface area contributed by atoms with Gasteiger partial charge in [-0.3, -0.25) is 0 Å². The third-order valence-electron chi connectivity index (χ3n) is 0.544. The van der Waals surface area contributed by atoms with Gasteiger partial charge in [-0.2, -0.15) is 0 Å². The SMILES string of the molecule is CC(C)(C)SC(Cl)=C(Cl)Cl. The monoisotopic (exact) mass is 218 g/mol. The predicted molar refractivity (Wildman–Crippen MR) is 51.9 cm³/mol. The summed E-state index contributed by atoms with van der Waals surface area (Å²) in [7, 11) is 0. The van der Waals surface area contributed by atoms with Crippen molar-refractivity contribution in [3.63, 3.8) is 0 Å². The van der Waals surface area contributed by atoms with Crippen molar-refractivity contribution in [1.82, 2.24) is 0 Å². The molecule has 0 aromatic rings. The average Bonchev–Trinajstić information content (AvgIpc) is 1.60. The molecule has 0 aromatic carbocycles. The van der Waals surface area contributed by atoms with E-state index in [1.54, 1.807) is 0 Å². The summed E-state index contributed by atoms with van der Waals surface area (Å²) >= 11 is 18.0. The summed E-state index contributed by atoms with van der Waals surface area (Å²) in [6.45, 7) is 6.12. The standard InChI is InChI=1S/C6H9Cl3S/c1-6(2,3)10-5(9)4(7)8/h1-3H3. The maximum atomic E-state index is 5.68. The molecule has 0 saturated heterocycles. The fourth-order valence-corrected chi connectivity index (χ4v) is 1.85. The first-order valence-corrected chi connectivity index (χ1v) is 4.68. The van der Waals surface area contributed by atoms with E-state index in [0.29, 0.717) is 4.36 Å². The minimum absolute atomic E-state index is 0.0616. The van der Waals surface area contributed by atoms with Crippen molar-refractivity contribution in [2.45, 2.75) is 25.5 Å². The lowest BCUT2D eigenvalue weighted by atomic mass is 10.3. The van der Waals surface area contributed by atoms with Crippen LogP contribution in [0.4, 0.5) is 0 Å². The van der Waals surface area contributed by atoms with Gasteiger partial charge in [-0.25, -0.2) is 0 Å². The van der Waals surface area contributed by atoms with Crippen LogP contribution >= 0.6 is 46.6 Å². The zero-order valence-corrected chi connectivity index (χ0v) is 9.13. The number of thioether (sulfide) groups is 1. The van der Waals surface area contributed by atoms with Crippen LogP contribution < -0.4 is 0 Å². The summed E-state index contributed by atoms with van der Waals surface area (Å²) in [6, 6.07) is 0. The van der Waals surface area contributed by atoms with Crippen LogP contribution in [0.2, 0.25) is 0 Å². The van der Waals surface area contributed by atoms with Crippen LogP contribution in [0.3, 0.4) is 0 Å². The Hall–Kier alpha value is 0.960. The number of rotatable bonds is 1. The van der Waals surface area contributed by atoms with E-state index in [0.717, 1.165) is 0 Å². The Morgan fingerprint density at radius 2 is 1.50 bits per heavy atom. The van der Waals surface area contributed by atoms with Gasteiger partial charge in [0, 0.05) is 4.75 Å². The fraction of sp³-hybridized carbons (Fsp3) is 0.667. The van der Waals surface area contributed by atoms with Crippen molar-refractivity contribution < 1.29 is 0 Å². The highest BCUT2D eigenvalue weighted by Gasteiger charge is 2.14. The Morgan fingerprint density at radius 1 is 1.10 bits per heavy atom. The van der Waals surface area contributed by atoms with Crippen molar-refractivity contribution in [3.05, 3.63) is 8.86 Å². The van der Waals surface area contributed by atoms with Gasteiger partial charge < -0.3 is 0 Å². The highest BCUT2D eigenvalue weighted by Crippen LogP contribution is 2.37. The average molecular weight is 220 g/mol. The smallest absolute Gasteiger partial charge is 0.106 e. The zero-order chi connectivity index (χ0) is 8.36. The first-order chi connectivity index (χ1) is 4.33. The molecule has 0 radical (unpaired) electrons. The quantitative estimate of drug-likeness (QED) is 0.631. The maximum absolute atomic E-state index is 5.68. The van der Waals surface area contributed by atoms with E-state index in [4.69, 9.17) is 34.8 Å². The van der Waals surface area contributed by atoms with Crippen LogP contribution in [0.1, 0.15) is 20.8 Å². The summed E-state index contributed by atoms with van der Waals surface area (Å²) in [5, 5.41) is 0. The molecule has 0 aliphatic heterocycles. The van der Waals surface area contributed by atoms with Crippen LogP contribution in [-0.2, 0) is 0 Å². The fourth-order valence-electron chi connectivity index (χ4n) is 0.307. The minimum Gasteiger partial charge on any atom is -0.106 e. The zero-order valence-electron chi connectivity index (χ0n) is 6.04. The molecule has 0 nitrogen and oxygen atoms in total. The number of hydrogen-bond acceptors (Lipinski definition) is 1. The van der Waals surface area contributed by atoms with Gasteiger partial charge in [-0.05, 0) is 0 Å². The summed E-state index contributed by atoms with van der Waals surface area (Å²) in [5.41, 5.74) is 0. The third-order valence-corrected chi connectivity index (χ3v) is 2.76. The highest BCUT2D eigenvalue weighted by atomic mass is 35.5. The van der Waals surface area contributed by atoms with Crippen LogP contribution in [0, 0.1) is 0 Å². The Balaban J connectivity index is 4.06. The highest BCUT2D eigenvalue weighted by molar-refractivity contribution is 8.05. The van der Waals surface area contributed by atoms with E-state index in [1.165, 1.54) is 11.8 Å². The van der Waals surface area contributed by atoms with E-state index in [2.05, 4.69) is 0 Å². The summed E-state index contributed by atoms with van der Waals surface area (Å²) in [6.07, 6.45) is 0. The molecule has 0 unspecified atom stereocenters. The topological polar surface area (TPSA) is 0 Å². The van der Waals surface area contributed by atoms with Gasteiger partial charge in [0.1, 0.15) is 8.86 Å². The number of halogens is 3. The first kappa shape index (κ1) is 11.0. The molecule has 0 spiro atoms. The Kier molecular flexibility index (Phi) is 4.50. The lowest BCUT2D eigenvalue weighted by Crippen LogP contribution is -2.06. The lowest BCUT2D eigenvalue weighted by molar-refractivity contribution is 0.807. The molecule has 0 aromatic heterocycles. The van der Waals surface area contributed by atoms with Crippen molar-refractivity contribution in [1.29, 1.82) is 0 Å². The molecule has 60 valence electrons. The molecule has 0 saturated carbocycles. The van der Waals surface area contributed by atoms with E-state index < -0.39 is 0 Å².